The number of fused-ring (bicyclic) bond motifs is 1. The van der Waals surface area contributed by atoms with E-state index in [9.17, 15) is 23.4 Å². The van der Waals surface area contributed by atoms with Crippen LogP contribution in [0, 0.1) is 62.6 Å². The zero-order valence-electron chi connectivity index (χ0n) is 29.9. The fraction of sp³-hybridized carbons (Fsp3) is 0.878. The molecular weight excluding hydrogens is 619 g/mol. The van der Waals surface area contributed by atoms with Crippen LogP contribution in [0.1, 0.15) is 129 Å². The Morgan fingerprint density at radius 2 is 1.42 bits per heavy atom. The number of ketones is 1. The van der Waals surface area contributed by atoms with Crippen molar-refractivity contribution < 1.29 is 23.4 Å². The first-order chi connectivity index (χ1) is 22.6. The maximum atomic E-state index is 14.9. The molecule has 0 radical (unpaired) electrons. The Kier molecular flexibility index (Phi) is 7.21. The lowest BCUT2D eigenvalue weighted by atomic mass is 9.32. The van der Waals surface area contributed by atoms with E-state index >= 15 is 0 Å². The summed E-state index contributed by atoms with van der Waals surface area (Å²) < 4.78 is 29.1. The molecule has 6 nitrogen and oxygen atoms in total. The molecule has 11 aliphatic carbocycles. The van der Waals surface area contributed by atoms with E-state index in [2.05, 4.69) is 32.1 Å². The number of aliphatic hydroxyl groups is 2. The highest BCUT2D eigenvalue weighted by Crippen LogP contribution is 2.78. The third-order valence-corrected chi connectivity index (χ3v) is 18.7. The van der Waals surface area contributed by atoms with Crippen LogP contribution in [0.4, 0.5) is 0 Å². The molecular formula is C41H61NO5S. The maximum absolute atomic E-state index is 14.9. The molecule has 0 heterocycles. The number of rotatable bonds is 7. The van der Waals surface area contributed by atoms with Gasteiger partial charge in [-0.1, -0.05) is 51.3 Å². The van der Waals surface area contributed by atoms with Crippen LogP contribution in [-0.4, -0.2) is 59.8 Å². The molecule has 0 aromatic carbocycles. The van der Waals surface area contributed by atoms with Gasteiger partial charge >= 0.3 is 0 Å². The van der Waals surface area contributed by atoms with E-state index in [0.29, 0.717) is 25.2 Å². The second kappa shape index (κ2) is 10.5. The molecule has 0 aromatic heterocycles. The first-order valence-electron chi connectivity index (χ1n) is 20.0. The normalized spacial score (nSPS) is 52.2. The van der Waals surface area contributed by atoms with E-state index in [4.69, 9.17) is 0 Å². The van der Waals surface area contributed by atoms with Gasteiger partial charge in [-0.15, -0.1) is 0 Å². The topological polar surface area (TPSA) is 94.9 Å². The van der Waals surface area contributed by atoms with Crippen LogP contribution < -0.4 is 0 Å². The van der Waals surface area contributed by atoms with Crippen LogP contribution in [0.3, 0.4) is 0 Å². The van der Waals surface area contributed by atoms with E-state index in [-0.39, 0.29) is 46.6 Å². The van der Waals surface area contributed by atoms with E-state index in [1.807, 2.05) is 0 Å². The number of hydrogen-bond acceptors (Lipinski definition) is 5. The maximum Gasteiger partial charge on any atom is 0.211 e. The summed E-state index contributed by atoms with van der Waals surface area (Å²) in [5.41, 5.74) is -1.38. The molecule has 6 bridgehead atoms. The summed E-state index contributed by atoms with van der Waals surface area (Å²) >= 11 is 0. The van der Waals surface area contributed by atoms with Gasteiger partial charge in [-0.3, -0.25) is 4.79 Å². The molecule has 0 saturated heterocycles. The smallest absolute Gasteiger partial charge is 0.211 e. The van der Waals surface area contributed by atoms with Crippen molar-refractivity contribution in [2.45, 2.75) is 141 Å². The third-order valence-electron chi connectivity index (χ3n) is 17.5. The first kappa shape index (κ1) is 32.9. The number of allylic oxidation sites excluding steroid dienone is 4. The molecule has 8 saturated carbocycles. The van der Waals surface area contributed by atoms with Crippen molar-refractivity contribution in [2.24, 2.45) is 62.6 Å². The Morgan fingerprint density at radius 1 is 0.812 bits per heavy atom. The average Bonchev–Trinajstić information content (AvgIpc) is 3.29. The number of aliphatic hydroxyl groups excluding tert-OH is 1. The molecule has 0 amide bonds. The zero-order valence-corrected chi connectivity index (χ0v) is 30.7. The quantitative estimate of drug-likeness (QED) is 0.278. The largest absolute Gasteiger partial charge is 0.393 e. The Morgan fingerprint density at radius 3 is 2.06 bits per heavy atom. The minimum absolute atomic E-state index is 0.0450. The van der Waals surface area contributed by atoms with E-state index in [1.54, 1.807) is 4.31 Å². The van der Waals surface area contributed by atoms with Crippen molar-refractivity contribution in [1.82, 2.24) is 4.31 Å². The van der Waals surface area contributed by atoms with Gasteiger partial charge in [-0.25, -0.2) is 8.42 Å². The average molecular weight is 680 g/mol. The summed E-state index contributed by atoms with van der Waals surface area (Å²) in [4.78, 5) is 14.9. The fourth-order valence-electron chi connectivity index (χ4n) is 15.6. The SMILES string of the molecule is CC12CCC(O)CC13C=CC1(C(C(=O)C4CCCCC4)=C3)C2CCC2(C)C1CCC2(O)CN(CC12CC3CC(CC(C3)C1)C2)S(C)(=O)=O. The van der Waals surface area contributed by atoms with Crippen molar-refractivity contribution in [3.8, 4) is 0 Å². The standard InChI is InChI=1S/C41H61NO5S/c1-36-12-9-31(43)23-39(36)15-16-41(32(24-39)35(44)30-7-5-4-6-8-30)33(36)10-13-37(2)34(41)11-14-40(37,45)26-42(48(3,46)47)25-38-20-27-17-28(21-38)19-29(18-27)22-38/h15-16,24,27-31,33-34,43,45H,4-14,17-23,25-26H2,1-3H3. The van der Waals surface area contributed by atoms with Crippen LogP contribution in [0.15, 0.2) is 23.8 Å². The van der Waals surface area contributed by atoms with Gasteiger partial charge in [0.25, 0.3) is 0 Å². The van der Waals surface area contributed by atoms with Gasteiger partial charge in [0.15, 0.2) is 5.78 Å². The minimum Gasteiger partial charge on any atom is -0.393 e. The van der Waals surface area contributed by atoms with Crippen molar-refractivity contribution in [2.75, 3.05) is 19.3 Å². The van der Waals surface area contributed by atoms with Crippen LogP contribution in [0.5, 0.6) is 0 Å². The van der Waals surface area contributed by atoms with Gasteiger partial charge in [0, 0.05) is 40.8 Å². The van der Waals surface area contributed by atoms with Crippen molar-refractivity contribution in [3.05, 3.63) is 23.8 Å². The number of carbonyl (C=O) groups excluding carboxylic acids is 1. The Bertz CT molecular complexity index is 1510. The van der Waals surface area contributed by atoms with E-state index in [1.165, 1.54) is 31.9 Å². The van der Waals surface area contributed by atoms with Gasteiger partial charge in [0.1, 0.15) is 0 Å². The first-order valence-corrected chi connectivity index (χ1v) is 21.8. The van der Waals surface area contributed by atoms with Crippen LogP contribution >= 0.6 is 0 Å². The number of nitrogens with zero attached hydrogens (tertiary/aromatic N) is 1. The number of carbonyl (C=O) groups is 1. The molecule has 0 aliphatic heterocycles. The predicted octanol–water partition coefficient (Wildman–Crippen LogP) is 7.20. The summed E-state index contributed by atoms with van der Waals surface area (Å²) in [5.74, 6) is 3.00. The highest BCUT2D eigenvalue weighted by atomic mass is 32.2. The number of Topliss-reactive ketones (excluding diaryl/α,β-unsaturated/α-hetero) is 1. The van der Waals surface area contributed by atoms with Gasteiger partial charge in [0.05, 0.1) is 18.0 Å². The minimum atomic E-state index is -3.54. The summed E-state index contributed by atoms with van der Waals surface area (Å²) in [6.07, 6.45) is 26.6. The molecule has 2 spiro atoms. The molecule has 2 N–H and O–H groups in total. The van der Waals surface area contributed by atoms with Crippen LogP contribution in [-0.2, 0) is 14.8 Å². The fourth-order valence-corrected chi connectivity index (χ4v) is 16.6. The van der Waals surface area contributed by atoms with Crippen LogP contribution in [0.2, 0.25) is 0 Å². The lowest BCUT2D eigenvalue weighted by Crippen LogP contribution is -2.67. The molecule has 8 fully saturated rings. The second-order valence-electron chi connectivity index (χ2n) is 20.0. The van der Waals surface area contributed by atoms with Gasteiger partial charge in [-0.05, 0) is 137 Å². The summed E-state index contributed by atoms with van der Waals surface area (Å²) in [7, 11) is -3.54. The number of sulfonamides is 1. The summed E-state index contributed by atoms with van der Waals surface area (Å²) in [6, 6.07) is 0. The number of hydrogen-bond donors (Lipinski definition) is 2. The Balaban J connectivity index is 1.09. The molecule has 266 valence electrons. The molecule has 11 rings (SSSR count). The lowest BCUT2D eigenvalue weighted by molar-refractivity contribution is -0.178. The Hall–Kier alpha value is -1.02. The van der Waals surface area contributed by atoms with Crippen molar-refractivity contribution in [1.29, 1.82) is 0 Å². The summed E-state index contributed by atoms with van der Waals surface area (Å²) in [5, 5.41) is 24.0. The summed E-state index contributed by atoms with van der Waals surface area (Å²) in [6.45, 7) is 5.44. The van der Waals surface area contributed by atoms with Crippen molar-refractivity contribution >= 4 is 15.8 Å². The second-order valence-corrected chi connectivity index (χ2v) is 21.9. The van der Waals surface area contributed by atoms with E-state index < -0.39 is 26.5 Å². The molecule has 0 aromatic rings. The Labute approximate surface area is 289 Å². The monoisotopic (exact) mass is 679 g/mol. The van der Waals surface area contributed by atoms with Gasteiger partial charge < -0.3 is 10.2 Å². The lowest BCUT2D eigenvalue weighted by Gasteiger charge is -2.71. The zero-order chi connectivity index (χ0) is 33.5. The van der Waals surface area contributed by atoms with Crippen LogP contribution in [0.25, 0.3) is 0 Å². The van der Waals surface area contributed by atoms with E-state index in [0.717, 1.165) is 100 Å². The molecule has 11 aliphatic rings. The van der Waals surface area contributed by atoms with Gasteiger partial charge in [-0.2, -0.15) is 4.31 Å². The third kappa shape index (κ3) is 4.38. The molecule has 8 unspecified atom stereocenters. The van der Waals surface area contributed by atoms with Crippen molar-refractivity contribution in [3.63, 3.8) is 0 Å². The van der Waals surface area contributed by atoms with Gasteiger partial charge in [0.2, 0.25) is 10.0 Å². The highest BCUT2D eigenvalue weighted by molar-refractivity contribution is 7.88. The predicted molar refractivity (Wildman–Crippen MR) is 187 cm³/mol. The highest BCUT2D eigenvalue weighted by Gasteiger charge is 2.75. The molecule has 7 heteroatoms. The molecule has 48 heavy (non-hydrogen) atoms. The molecule has 8 atom stereocenters.